The highest BCUT2D eigenvalue weighted by Gasteiger charge is 2.24. The van der Waals surface area contributed by atoms with Crippen molar-refractivity contribution in [1.29, 1.82) is 0 Å². The van der Waals surface area contributed by atoms with Gasteiger partial charge in [0.15, 0.2) is 0 Å². The van der Waals surface area contributed by atoms with Crippen molar-refractivity contribution in [1.82, 2.24) is 10.2 Å². The van der Waals surface area contributed by atoms with Crippen molar-refractivity contribution in [2.75, 3.05) is 26.2 Å². The molecular weight excluding hydrogens is 341 g/mol. The predicted molar refractivity (Wildman–Crippen MR) is 74.7 cm³/mol. The normalized spacial score (nSPS) is 15.6. The zero-order chi connectivity index (χ0) is 13.1. The standard InChI is InChI=1S/C12H13BrF2N2O.ClH/c13-8-6-9(14)11(10(15)7-8)12(18)17-4-1-2-16-3-5-17;/h6-7,16H,1-5H2;1H. The van der Waals surface area contributed by atoms with Crippen LogP contribution in [0.5, 0.6) is 0 Å². The molecule has 1 N–H and O–H groups in total. The minimum absolute atomic E-state index is 0. The molecule has 0 saturated carbocycles. The van der Waals surface area contributed by atoms with E-state index in [9.17, 15) is 13.6 Å². The van der Waals surface area contributed by atoms with Crippen molar-refractivity contribution >= 4 is 34.2 Å². The molecule has 3 nitrogen and oxygen atoms in total. The second-order valence-electron chi connectivity index (χ2n) is 4.14. The maximum Gasteiger partial charge on any atom is 0.259 e. The van der Waals surface area contributed by atoms with Gasteiger partial charge in [-0.3, -0.25) is 4.79 Å². The Hall–Kier alpha value is -0.720. The maximum atomic E-state index is 13.7. The lowest BCUT2D eigenvalue weighted by Crippen LogP contribution is -2.35. The number of hydrogen-bond acceptors (Lipinski definition) is 2. The fraction of sp³-hybridized carbons (Fsp3) is 0.417. The Morgan fingerprint density at radius 2 is 1.84 bits per heavy atom. The summed E-state index contributed by atoms with van der Waals surface area (Å²) in [5, 5.41) is 3.13. The van der Waals surface area contributed by atoms with Gasteiger partial charge in [-0.25, -0.2) is 8.78 Å². The molecule has 2 rings (SSSR count). The summed E-state index contributed by atoms with van der Waals surface area (Å²) in [6.07, 6.45) is 0.783. The fourth-order valence-corrected chi connectivity index (χ4v) is 2.36. The Kier molecular flexibility index (Phi) is 6.16. The van der Waals surface area contributed by atoms with Crippen molar-refractivity contribution in [3.8, 4) is 0 Å². The summed E-state index contributed by atoms with van der Waals surface area (Å²) in [7, 11) is 0. The van der Waals surface area contributed by atoms with Gasteiger partial charge in [-0.2, -0.15) is 0 Å². The van der Waals surface area contributed by atoms with E-state index in [1.807, 2.05) is 0 Å². The fourth-order valence-electron chi connectivity index (χ4n) is 1.95. The quantitative estimate of drug-likeness (QED) is 0.840. The van der Waals surface area contributed by atoms with Gasteiger partial charge in [0.1, 0.15) is 17.2 Å². The van der Waals surface area contributed by atoms with Crippen molar-refractivity contribution in [2.45, 2.75) is 6.42 Å². The van der Waals surface area contributed by atoms with Crippen LogP contribution in [0.25, 0.3) is 0 Å². The third-order valence-corrected chi connectivity index (χ3v) is 3.31. The zero-order valence-electron chi connectivity index (χ0n) is 10.1. The molecule has 1 amide bonds. The van der Waals surface area contributed by atoms with Gasteiger partial charge in [0, 0.05) is 24.1 Å². The molecule has 0 atom stereocenters. The van der Waals surface area contributed by atoms with Gasteiger partial charge in [0.2, 0.25) is 0 Å². The van der Waals surface area contributed by atoms with Crippen LogP contribution in [-0.4, -0.2) is 37.0 Å². The van der Waals surface area contributed by atoms with Gasteiger partial charge >= 0.3 is 0 Å². The van der Waals surface area contributed by atoms with E-state index in [1.54, 1.807) is 0 Å². The van der Waals surface area contributed by atoms with E-state index in [-0.39, 0.29) is 16.9 Å². The Bertz CT molecular complexity index is 442. The minimum atomic E-state index is -0.830. The molecule has 1 fully saturated rings. The van der Waals surface area contributed by atoms with E-state index >= 15 is 0 Å². The largest absolute Gasteiger partial charge is 0.337 e. The lowest BCUT2D eigenvalue weighted by molar-refractivity contribution is 0.0756. The van der Waals surface area contributed by atoms with Crippen LogP contribution in [0.2, 0.25) is 0 Å². The third kappa shape index (κ3) is 3.87. The first kappa shape index (κ1) is 16.3. The van der Waals surface area contributed by atoms with E-state index in [2.05, 4.69) is 21.2 Å². The molecule has 1 aromatic rings. The first-order chi connectivity index (χ1) is 8.59. The Labute approximate surface area is 124 Å². The summed E-state index contributed by atoms with van der Waals surface area (Å²) >= 11 is 2.99. The molecular formula is C12H14BrClF2N2O. The van der Waals surface area contributed by atoms with E-state index in [0.29, 0.717) is 19.6 Å². The average Bonchev–Trinajstić information content (AvgIpc) is 2.55. The van der Waals surface area contributed by atoms with Gasteiger partial charge in [0.05, 0.1) is 0 Å². The molecule has 1 aliphatic rings. The summed E-state index contributed by atoms with van der Waals surface area (Å²) in [5.41, 5.74) is -0.472. The molecule has 1 aromatic carbocycles. The Balaban J connectivity index is 0.00000180. The van der Waals surface area contributed by atoms with E-state index < -0.39 is 23.1 Å². The van der Waals surface area contributed by atoms with Crippen LogP contribution in [0.1, 0.15) is 16.8 Å². The van der Waals surface area contributed by atoms with Crippen molar-refractivity contribution in [2.24, 2.45) is 0 Å². The Morgan fingerprint density at radius 1 is 1.21 bits per heavy atom. The molecule has 1 saturated heterocycles. The molecule has 1 heterocycles. The van der Waals surface area contributed by atoms with Gasteiger partial charge < -0.3 is 10.2 Å². The second kappa shape index (κ2) is 7.17. The van der Waals surface area contributed by atoms with Crippen LogP contribution in [0.15, 0.2) is 16.6 Å². The van der Waals surface area contributed by atoms with Crippen molar-refractivity contribution < 1.29 is 13.6 Å². The van der Waals surface area contributed by atoms with Gasteiger partial charge in [-0.05, 0) is 25.1 Å². The number of rotatable bonds is 1. The highest BCUT2D eigenvalue weighted by atomic mass is 79.9. The number of nitrogens with one attached hydrogen (secondary N) is 1. The highest BCUT2D eigenvalue weighted by molar-refractivity contribution is 9.10. The van der Waals surface area contributed by atoms with Crippen LogP contribution < -0.4 is 5.32 Å². The molecule has 7 heteroatoms. The lowest BCUT2D eigenvalue weighted by Gasteiger charge is -2.20. The number of hydrogen-bond donors (Lipinski definition) is 1. The van der Waals surface area contributed by atoms with Crippen LogP contribution in [0.3, 0.4) is 0 Å². The van der Waals surface area contributed by atoms with E-state index in [4.69, 9.17) is 0 Å². The zero-order valence-corrected chi connectivity index (χ0v) is 12.5. The number of benzene rings is 1. The predicted octanol–water partition coefficient (Wildman–Crippen LogP) is 2.58. The topological polar surface area (TPSA) is 32.3 Å². The van der Waals surface area contributed by atoms with Crippen LogP contribution >= 0.6 is 28.3 Å². The monoisotopic (exact) mass is 354 g/mol. The average molecular weight is 356 g/mol. The summed E-state index contributed by atoms with van der Waals surface area (Å²) in [6.45, 7) is 2.44. The van der Waals surface area contributed by atoms with Crippen LogP contribution in [0.4, 0.5) is 8.78 Å². The number of carbonyl (C=O) groups is 1. The van der Waals surface area contributed by atoms with Crippen LogP contribution in [-0.2, 0) is 0 Å². The smallest absolute Gasteiger partial charge is 0.259 e. The summed E-state index contributed by atoms with van der Waals surface area (Å²) in [5.74, 6) is -2.24. The maximum absolute atomic E-state index is 13.7. The summed E-state index contributed by atoms with van der Waals surface area (Å²) < 4.78 is 27.7. The molecule has 0 aromatic heterocycles. The van der Waals surface area contributed by atoms with Crippen molar-refractivity contribution in [3.05, 3.63) is 33.8 Å². The van der Waals surface area contributed by atoms with Gasteiger partial charge in [-0.1, -0.05) is 15.9 Å². The molecule has 0 radical (unpaired) electrons. The summed E-state index contributed by atoms with van der Waals surface area (Å²) in [6, 6.07) is 2.21. The highest BCUT2D eigenvalue weighted by Crippen LogP contribution is 2.21. The number of halogens is 4. The number of amides is 1. The third-order valence-electron chi connectivity index (χ3n) is 2.85. The van der Waals surface area contributed by atoms with E-state index in [1.165, 1.54) is 4.90 Å². The molecule has 19 heavy (non-hydrogen) atoms. The van der Waals surface area contributed by atoms with Gasteiger partial charge in [-0.15, -0.1) is 12.4 Å². The minimum Gasteiger partial charge on any atom is -0.337 e. The molecule has 0 unspecified atom stereocenters. The molecule has 0 bridgehead atoms. The molecule has 1 aliphatic heterocycles. The molecule has 0 aliphatic carbocycles. The first-order valence-electron chi connectivity index (χ1n) is 5.74. The van der Waals surface area contributed by atoms with Crippen molar-refractivity contribution in [3.63, 3.8) is 0 Å². The van der Waals surface area contributed by atoms with Crippen LogP contribution in [0, 0.1) is 11.6 Å². The lowest BCUT2D eigenvalue weighted by atomic mass is 10.1. The Morgan fingerprint density at radius 3 is 2.47 bits per heavy atom. The summed E-state index contributed by atoms with van der Waals surface area (Å²) in [4.78, 5) is 13.6. The molecule has 106 valence electrons. The second-order valence-corrected chi connectivity index (χ2v) is 5.06. The number of nitrogens with zero attached hydrogens (tertiary/aromatic N) is 1. The number of carbonyl (C=O) groups excluding carboxylic acids is 1. The van der Waals surface area contributed by atoms with Gasteiger partial charge in [0.25, 0.3) is 5.91 Å². The SMILES string of the molecule is Cl.O=C(c1c(F)cc(Br)cc1F)N1CCCNCC1. The van der Waals surface area contributed by atoms with E-state index in [0.717, 1.165) is 25.1 Å². The first-order valence-corrected chi connectivity index (χ1v) is 6.53. The molecule has 0 spiro atoms.